The van der Waals surface area contributed by atoms with Crippen LogP contribution in [0.2, 0.25) is 0 Å². The van der Waals surface area contributed by atoms with Gasteiger partial charge in [-0.1, -0.05) is 52.4 Å². The van der Waals surface area contributed by atoms with E-state index in [1.54, 1.807) is 0 Å². The fourth-order valence-corrected chi connectivity index (χ4v) is 1.60. The highest BCUT2D eigenvalue weighted by atomic mass is 16.1. The summed E-state index contributed by atoms with van der Waals surface area (Å²) in [6, 6.07) is 0. The Balaban J connectivity index is 3.07. The van der Waals surface area contributed by atoms with Crippen LogP contribution in [0.4, 0.5) is 0 Å². The van der Waals surface area contributed by atoms with Gasteiger partial charge in [0.1, 0.15) is 5.78 Å². The molecule has 0 radical (unpaired) electrons. The molecule has 0 aromatic carbocycles. The van der Waals surface area contributed by atoms with E-state index in [4.69, 9.17) is 0 Å². The summed E-state index contributed by atoms with van der Waals surface area (Å²) >= 11 is 0. The Morgan fingerprint density at radius 1 is 0.714 bits per heavy atom. The van der Waals surface area contributed by atoms with Gasteiger partial charge in [0.2, 0.25) is 0 Å². The molecule has 0 spiro atoms. The molecule has 0 unspecified atom stereocenters. The number of carbonyl (C=O) groups excluding carboxylic acids is 1. The van der Waals surface area contributed by atoms with Crippen molar-refractivity contribution >= 4 is 5.78 Å². The lowest BCUT2D eigenvalue weighted by Gasteiger charge is -2.00. The van der Waals surface area contributed by atoms with Gasteiger partial charge in [-0.15, -0.1) is 0 Å². The molecular formula is C13H26O. The maximum absolute atomic E-state index is 11.3. The largest absolute Gasteiger partial charge is 0.300 e. The molecule has 0 amide bonds. The summed E-state index contributed by atoms with van der Waals surface area (Å²) in [7, 11) is 0. The molecule has 1 heteroatoms. The minimum absolute atomic E-state index is 0.474. The van der Waals surface area contributed by atoms with Crippen molar-refractivity contribution in [3.63, 3.8) is 0 Å². The average Bonchev–Trinajstić information content (AvgIpc) is 2.20. The normalized spacial score (nSPS) is 10.4. The number of ketones is 1. The molecule has 0 aliphatic heterocycles. The van der Waals surface area contributed by atoms with Crippen molar-refractivity contribution in [3.8, 4) is 0 Å². The first-order valence-electron chi connectivity index (χ1n) is 6.33. The van der Waals surface area contributed by atoms with Gasteiger partial charge in [-0.2, -0.15) is 0 Å². The Kier molecular flexibility index (Phi) is 10.5. The fraction of sp³-hybridized carbons (Fsp3) is 0.923. The molecule has 1 nitrogen and oxygen atoms in total. The van der Waals surface area contributed by atoms with Crippen molar-refractivity contribution in [2.45, 2.75) is 78.1 Å². The molecule has 0 fully saturated rings. The quantitative estimate of drug-likeness (QED) is 0.472. The molecule has 0 saturated carbocycles. The van der Waals surface area contributed by atoms with Crippen LogP contribution in [-0.4, -0.2) is 5.78 Å². The van der Waals surface area contributed by atoms with Gasteiger partial charge in [0.15, 0.2) is 0 Å². The van der Waals surface area contributed by atoms with E-state index in [9.17, 15) is 4.79 Å². The number of hydrogen-bond acceptors (Lipinski definition) is 1. The third-order valence-electron chi connectivity index (χ3n) is 2.62. The monoisotopic (exact) mass is 198 g/mol. The Labute approximate surface area is 89.3 Å². The predicted octanol–water partition coefficient (Wildman–Crippen LogP) is 4.50. The molecule has 0 atom stereocenters. The molecule has 0 saturated heterocycles. The van der Waals surface area contributed by atoms with E-state index in [0.717, 1.165) is 32.1 Å². The van der Waals surface area contributed by atoms with E-state index in [-0.39, 0.29) is 0 Å². The first-order valence-corrected chi connectivity index (χ1v) is 6.33. The second kappa shape index (κ2) is 10.7. The Morgan fingerprint density at radius 3 is 1.86 bits per heavy atom. The lowest BCUT2D eigenvalue weighted by molar-refractivity contribution is -0.119. The van der Waals surface area contributed by atoms with Gasteiger partial charge in [-0.3, -0.25) is 4.79 Å². The van der Waals surface area contributed by atoms with Crippen LogP contribution in [0.3, 0.4) is 0 Å². The number of hydrogen-bond donors (Lipinski definition) is 0. The van der Waals surface area contributed by atoms with Crippen molar-refractivity contribution in [1.82, 2.24) is 0 Å². The summed E-state index contributed by atoms with van der Waals surface area (Å²) in [6.45, 7) is 4.37. The SMILES string of the molecule is CCCCCCCCC(=O)CCCC. The lowest BCUT2D eigenvalue weighted by Crippen LogP contribution is -1.96. The maximum atomic E-state index is 11.3. The smallest absolute Gasteiger partial charge is 0.132 e. The van der Waals surface area contributed by atoms with Gasteiger partial charge in [-0.25, -0.2) is 0 Å². The Bertz CT molecular complexity index is 129. The summed E-state index contributed by atoms with van der Waals surface area (Å²) < 4.78 is 0. The molecular weight excluding hydrogens is 172 g/mol. The summed E-state index contributed by atoms with van der Waals surface area (Å²) in [5, 5.41) is 0. The number of rotatable bonds is 10. The van der Waals surface area contributed by atoms with E-state index in [2.05, 4.69) is 13.8 Å². The maximum Gasteiger partial charge on any atom is 0.132 e. The zero-order valence-corrected chi connectivity index (χ0v) is 9.98. The fourth-order valence-electron chi connectivity index (χ4n) is 1.60. The van der Waals surface area contributed by atoms with Crippen molar-refractivity contribution in [2.75, 3.05) is 0 Å². The number of Topliss-reactive ketones (excluding diaryl/α,β-unsaturated/α-hetero) is 1. The molecule has 14 heavy (non-hydrogen) atoms. The summed E-state index contributed by atoms with van der Waals surface area (Å²) in [4.78, 5) is 11.3. The Hall–Kier alpha value is -0.330. The van der Waals surface area contributed by atoms with E-state index in [0.29, 0.717) is 5.78 Å². The van der Waals surface area contributed by atoms with E-state index in [1.807, 2.05) is 0 Å². The minimum atomic E-state index is 0.474. The molecule has 0 heterocycles. The van der Waals surface area contributed by atoms with Crippen LogP contribution in [0.5, 0.6) is 0 Å². The van der Waals surface area contributed by atoms with Gasteiger partial charge < -0.3 is 0 Å². The second-order valence-electron chi connectivity index (χ2n) is 4.16. The van der Waals surface area contributed by atoms with Crippen molar-refractivity contribution in [3.05, 3.63) is 0 Å². The zero-order chi connectivity index (χ0) is 10.6. The molecule has 0 aliphatic carbocycles. The van der Waals surface area contributed by atoms with E-state index >= 15 is 0 Å². The molecule has 0 bridgehead atoms. The van der Waals surface area contributed by atoms with E-state index in [1.165, 1.54) is 32.1 Å². The predicted molar refractivity (Wildman–Crippen MR) is 62.5 cm³/mol. The zero-order valence-electron chi connectivity index (χ0n) is 9.98. The first-order chi connectivity index (χ1) is 6.81. The number of carbonyl (C=O) groups is 1. The topological polar surface area (TPSA) is 17.1 Å². The molecule has 0 rings (SSSR count). The molecule has 0 N–H and O–H groups in total. The minimum Gasteiger partial charge on any atom is -0.300 e. The number of unbranched alkanes of at least 4 members (excludes halogenated alkanes) is 6. The second-order valence-corrected chi connectivity index (χ2v) is 4.16. The van der Waals surface area contributed by atoms with Gasteiger partial charge >= 0.3 is 0 Å². The molecule has 84 valence electrons. The third-order valence-corrected chi connectivity index (χ3v) is 2.62. The van der Waals surface area contributed by atoms with Crippen LogP contribution < -0.4 is 0 Å². The van der Waals surface area contributed by atoms with Crippen LogP contribution in [0.25, 0.3) is 0 Å². The van der Waals surface area contributed by atoms with Gasteiger partial charge in [-0.05, 0) is 12.8 Å². The highest BCUT2D eigenvalue weighted by Crippen LogP contribution is 2.08. The van der Waals surface area contributed by atoms with Gasteiger partial charge in [0, 0.05) is 12.8 Å². The standard InChI is InChI=1S/C13H26O/c1-3-5-7-8-9-10-12-13(14)11-6-4-2/h3-12H2,1-2H3. The summed E-state index contributed by atoms with van der Waals surface area (Å²) in [5.74, 6) is 0.474. The van der Waals surface area contributed by atoms with Crippen LogP contribution in [-0.2, 0) is 4.79 Å². The van der Waals surface area contributed by atoms with Gasteiger partial charge in [0.25, 0.3) is 0 Å². The third kappa shape index (κ3) is 9.76. The van der Waals surface area contributed by atoms with Gasteiger partial charge in [0.05, 0.1) is 0 Å². The summed E-state index contributed by atoms with van der Waals surface area (Å²) in [5.41, 5.74) is 0. The van der Waals surface area contributed by atoms with Crippen LogP contribution in [0, 0.1) is 0 Å². The van der Waals surface area contributed by atoms with Crippen molar-refractivity contribution in [1.29, 1.82) is 0 Å². The lowest BCUT2D eigenvalue weighted by atomic mass is 10.1. The van der Waals surface area contributed by atoms with Crippen molar-refractivity contribution in [2.24, 2.45) is 0 Å². The average molecular weight is 198 g/mol. The van der Waals surface area contributed by atoms with Crippen LogP contribution in [0.1, 0.15) is 78.1 Å². The highest BCUT2D eigenvalue weighted by Gasteiger charge is 2.00. The highest BCUT2D eigenvalue weighted by molar-refractivity contribution is 5.78. The summed E-state index contributed by atoms with van der Waals surface area (Å²) in [6.07, 6.45) is 11.5. The van der Waals surface area contributed by atoms with Crippen LogP contribution in [0.15, 0.2) is 0 Å². The molecule has 0 aromatic heterocycles. The first kappa shape index (κ1) is 13.7. The Morgan fingerprint density at radius 2 is 1.21 bits per heavy atom. The van der Waals surface area contributed by atoms with Crippen molar-refractivity contribution < 1.29 is 4.79 Å². The molecule has 0 aliphatic rings. The van der Waals surface area contributed by atoms with E-state index < -0.39 is 0 Å². The van der Waals surface area contributed by atoms with Crippen LogP contribution >= 0.6 is 0 Å². The molecule has 0 aromatic rings.